The molecule has 5 nitrogen and oxygen atoms in total. The van der Waals surface area contributed by atoms with E-state index in [1.807, 2.05) is 0 Å². The molecule has 1 radical (unpaired) electrons. The molecule has 1 unspecified atom stereocenters. The maximum Gasteiger partial charge on any atom is 0.354 e. The van der Waals surface area contributed by atoms with Crippen molar-refractivity contribution in [3.63, 3.8) is 0 Å². The maximum atomic E-state index is 15.2. The predicted molar refractivity (Wildman–Crippen MR) is 110 cm³/mol. The Bertz CT molecular complexity index is 961. The monoisotopic (exact) mass is 410 g/mol. The van der Waals surface area contributed by atoms with Crippen molar-refractivity contribution in [2.75, 3.05) is 25.7 Å². The molecule has 0 saturated carbocycles. The summed E-state index contributed by atoms with van der Waals surface area (Å²) in [4.78, 5) is 11.1. The van der Waals surface area contributed by atoms with Gasteiger partial charge in [0.1, 0.15) is 23.1 Å². The van der Waals surface area contributed by atoms with Crippen LogP contribution in [-0.4, -0.2) is 28.3 Å². The van der Waals surface area contributed by atoms with Crippen molar-refractivity contribution in [3.05, 3.63) is 77.9 Å². The fourth-order valence-electron chi connectivity index (χ4n) is 3.32. The van der Waals surface area contributed by atoms with Gasteiger partial charge in [0.25, 0.3) is 0 Å². The first-order valence-electron chi connectivity index (χ1n) is 9.29. The summed E-state index contributed by atoms with van der Waals surface area (Å²) in [6.45, 7) is 0.135. The lowest BCUT2D eigenvalue weighted by atomic mass is 9.76. The Morgan fingerprint density at radius 3 is 1.90 bits per heavy atom. The number of benzene rings is 3. The van der Waals surface area contributed by atoms with E-state index in [0.717, 1.165) is 0 Å². The maximum absolute atomic E-state index is 15.2. The summed E-state index contributed by atoms with van der Waals surface area (Å²) in [5.74, 6) is -0.268. The molecule has 1 atom stereocenters. The van der Waals surface area contributed by atoms with E-state index in [2.05, 4.69) is 0 Å². The highest BCUT2D eigenvalue weighted by Gasteiger charge is 2.28. The van der Waals surface area contributed by atoms with Crippen molar-refractivity contribution >= 4 is 24.5 Å². The van der Waals surface area contributed by atoms with Crippen LogP contribution in [0.15, 0.2) is 60.7 Å². The summed E-state index contributed by atoms with van der Waals surface area (Å²) in [5, 5.41) is 0. The van der Waals surface area contributed by atoms with Gasteiger partial charge in [-0.3, -0.25) is 4.89 Å². The normalized spacial score (nSPS) is 15.5. The van der Waals surface area contributed by atoms with Crippen LogP contribution in [0.1, 0.15) is 11.4 Å². The van der Waals surface area contributed by atoms with Gasteiger partial charge < -0.3 is 19.2 Å². The van der Waals surface area contributed by atoms with Gasteiger partial charge in [-0.2, -0.15) is 0 Å². The van der Waals surface area contributed by atoms with Crippen molar-refractivity contribution in [3.8, 4) is 11.5 Å². The average molecular weight is 410 g/mol. The van der Waals surface area contributed by atoms with Gasteiger partial charge in [0, 0.05) is 23.3 Å². The van der Waals surface area contributed by atoms with Crippen LogP contribution in [0.2, 0.25) is 0 Å². The molecule has 8 heteroatoms. The minimum atomic E-state index is -0.571. The molecule has 0 N–H and O–H groups in total. The zero-order chi connectivity index (χ0) is 21.1. The zero-order valence-corrected chi connectivity index (χ0v) is 16.5. The third-order valence-electron chi connectivity index (χ3n) is 4.90. The highest BCUT2D eigenvalue weighted by molar-refractivity contribution is 6.30. The minimum absolute atomic E-state index is 0.0754. The number of hydrogen-bond acceptors (Lipinski definition) is 5. The second-order valence-electron chi connectivity index (χ2n) is 6.68. The Hall–Kier alpha value is -3.10. The van der Waals surface area contributed by atoms with Crippen molar-refractivity contribution in [1.29, 1.82) is 0 Å². The highest BCUT2D eigenvalue weighted by Crippen LogP contribution is 2.39. The van der Waals surface area contributed by atoms with Gasteiger partial charge in [0.05, 0.1) is 26.5 Å². The topological polar surface area (TPSA) is 40.2 Å². The third kappa shape index (κ3) is 3.97. The second kappa shape index (κ2) is 8.73. The lowest BCUT2D eigenvalue weighted by Crippen LogP contribution is -2.14. The molecule has 1 aliphatic heterocycles. The number of hydrogen-bond donors (Lipinski definition) is 0. The molecule has 30 heavy (non-hydrogen) atoms. The number of methoxy groups -OCH3 is 2. The van der Waals surface area contributed by atoms with E-state index in [1.54, 1.807) is 67.7 Å². The van der Waals surface area contributed by atoms with E-state index < -0.39 is 17.5 Å². The van der Waals surface area contributed by atoms with E-state index in [-0.39, 0.29) is 17.9 Å². The Kier molecular flexibility index (Phi) is 5.87. The van der Waals surface area contributed by atoms with Gasteiger partial charge in [0.2, 0.25) is 0 Å². The van der Waals surface area contributed by atoms with E-state index in [1.165, 1.54) is 19.6 Å². The highest BCUT2D eigenvalue weighted by atomic mass is 19.1. The van der Waals surface area contributed by atoms with Crippen LogP contribution < -0.4 is 14.4 Å². The average Bonchev–Trinajstić information content (AvgIpc) is 3.31. The quantitative estimate of drug-likeness (QED) is 0.419. The van der Waals surface area contributed by atoms with Gasteiger partial charge in [0.15, 0.2) is 0 Å². The third-order valence-corrected chi connectivity index (χ3v) is 4.90. The summed E-state index contributed by atoms with van der Waals surface area (Å²) in [5.41, 5.74) is 1.54. The van der Waals surface area contributed by atoms with Crippen LogP contribution in [-0.2, 0) is 9.69 Å². The van der Waals surface area contributed by atoms with Crippen LogP contribution in [0.4, 0.5) is 25.8 Å². The van der Waals surface area contributed by atoms with Gasteiger partial charge in [-0.05, 0) is 60.2 Å². The molecule has 1 fully saturated rings. The Balaban J connectivity index is 1.81. The van der Waals surface area contributed by atoms with Crippen LogP contribution >= 0.6 is 0 Å². The van der Waals surface area contributed by atoms with Gasteiger partial charge in [-0.15, -0.1) is 0 Å². The number of anilines is 3. The van der Waals surface area contributed by atoms with E-state index in [9.17, 15) is 4.39 Å². The molecule has 3 aromatic carbocycles. The molecule has 0 amide bonds. The van der Waals surface area contributed by atoms with Gasteiger partial charge >= 0.3 is 7.48 Å². The molecule has 3 aromatic rings. The van der Waals surface area contributed by atoms with Crippen LogP contribution in [0.25, 0.3) is 0 Å². The standard InChI is InChI=1S/C22H19BF2NO4/c1-27-16-7-3-14(4-8-16)26(15-5-9-17(28-2)10-6-15)22-12-20(24)18(11-21(22)25)19-13-29-30-23-19/h3-12,19H,13H2,1-2H3. The summed E-state index contributed by atoms with van der Waals surface area (Å²) >= 11 is 0. The van der Waals surface area contributed by atoms with Crippen LogP contribution in [0, 0.1) is 11.6 Å². The minimum Gasteiger partial charge on any atom is -0.497 e. The van der Waals surface area contributed by atoms with Crippen LogP contribution in [0.3, 0.4) is 0 Å². The molecule has 4 rings (SSSR count). The lowest BCUT2D eigenvalue weighted by molar-refractivity contribution is -0.183. The molecular formula is C22H19BF2NO4. The van der Waals surface area contributed by atoms with E-state index >= 15 is 4.39 Å². The fraction of sp³-hybridized carbons (Fsp3) is 0.182. The molecule has 0 aliphatic carbocycles. The molecule has 0 aromatic heterocycles. The van der Waals surface area contributed by atoms with E-state index in [0.29, 0.717) is 22.9 Å². The molecular weight excluding hydrogens is 391 g/mol. The first-order valence-corrected chi connectivity index (χ1v) is 9.29. The largest absolute Gasteiger partial charge is 0.497 e. The lowest BCUT2D eigenvalue weighted by Gasteiger charge is -2.27. The molecule has 0 spiro atoms. The van der Waals surface area contributed by atoms with Crippen LogP contribution in [0.5, 0.6) is 11.5 Å². The first kappa shape index (κ1) is 20.2. The number of halogens is 2. The molecule has 1 aliphatic rings. The SMILES string of the molecule is COc1ccc(N(c2ccc(OC)cc2)c2cc(F)c(C3[B]OOC3)cc2F)cc1. The van der Waals surface area contributed by atoms with E-state index in [4.69, 9.17) is 19.2 Å². The van der Waals surface area contributed by atoms with Crippen molar-refractivity contribution in [2.24, 2.45) is 0 Å². The van der Waals surface area contributed by atoms with Gasteiger partial charge in [-0.1, -0.05) is 0 Å². The number of nitrogens with zero attached hydrogens (tertiary/aromatic N) is 1. The summed E-state index contributed by atoms with van der Waals surface area (Å²) in [6.07, 6.45) is 0. The van der Waals surface area contributed by atoms with Crippen molar-refractivity contribution < 1.29 is 27.9 Å². The molecule has 1 saturated heterocycles. The Labute approximate surface area is 173 Å². The zero-order valence-electron chi connectivity index (χ0n) is 16.5. The smallest absolute Gasteiger partial charge is 0.354 e. The molecule has 0 bridgehead atoms. The van der Waals surface area contributed by atoms with Crippen molar-refractivity contribution in [1.82, 2.24) is 0 Å². The molecule has 153 valence electrons. The van der Waals surface area contributed by atoms with Crippen molar-refractivity contribution in [2.45, 2.75) is 5.82 Å². The summed E-state index contributed by atoms with van der Waals surface area (Å²) < 4.78 is 40.6. The molecule has 1 heterocycles. The predicted octanol–water partition coefficient (Wildman–Crippen LogP) is 5.07. The summed E-state index contributed by atoms with van der Waals surface area (Å²) in [7, 11) is 4.48. The Morgan fingerprint density at radius 1 is 0.867 bits per heavy atom. The van der Waals surface area contributed by atoms with Gasteiger partial charge in [-0.25, -0.2) is 8.78 Å². The fourth-order valence-corrected chi connectivity index (χ4v) is 3.32. The summed E-state index contributed by atoms with van der Waals surface area (Å²) in [6, 6.07) is 16.5. The number of ether oxygens (including phenoxy) is 2. The second-order valence-corrected chi connectivity index (χ2v) is 6.68. The Morgan fingerprint density at radius 2 is 1.43 bits per heavy atom. The number of rotatable bonds is 6. The first-order chi connectivity index (χ1) is 14.6.